The fourth-order valence-corrected chi connectivity index (χ4v) is 1.91. The zero-order valence-electron chi connectivity index (χ0n) is 8.92. The van der Waals surface area contributed by atoms with Gasteiger partial charge in [-0.3, -0.25) is 0 Å². The molecule has 0 spiro atoms. The van der Waals surface area contributed by atoms with E-state index in [1.807, 2.05) is 26.0 Å². The Kier molecular flexibility index (Phi) is 4.57. The summed E-state index contributed by atoms with van der Waals surface area (Å²) < 4.78 is 0.950. The summed E-state index contributed by atoms with van der Waals surface area (Å²) in [7, 11) is 0. The van der Waals surface area contributed by atoms with Crippen molar-refractivity contribution in [2.75, 3.05) is 6.61 Å². The SMILES string of the molecule is Cc1cc(Br)cc(CN[C@@H](C)CO)c1O. The molecule has 84 valence electrons. The molecule has 1 rings (SSSR count). The molecular weight excluding hydrogens is 258 g/mol. The van der Waals surface area contributed by atoms with Crippen molar-refractivity contribution in [2.45, 2.75) is 26.4 Å². The van der Waals surface area contributed by atoms with Crippen molar-refractivity contribution in [3.63, 3.8) is 0 Å². The van der Waals surface area contributed by atoms with Crippen molar-refractivity contribution in [3.8, 4) is 5.75 Å². The highest BCUT2D eigenvalue weighted by atomic mass is 79.9. The number of aromatic hydroxyl groups is 1. The molecule has 15 heavy (non-hydrogen) atoms. The average Bonchev–Trinajstić information content (AvgIpc) is 2.20. The number of aliphatic hydroxyl groups is 1. The van der Waals surface area contributed by atoms with Crippen LogP contribution in [0.5, 0.6) is 5.75 Å². The topological polar surface area (TPSA) is 52.5 Å². The van der Waals surface area contributed by atoms with E-state index in [1.54, 1.807) is 0 Å². The van der Waals surface area contributed by atoms with E-state index in [4.69, 9.17) is 5.11 Å². The molecular formula is C11H16BrNO2. The molecule has 0 heterocycles. The average molecular weight is 274 g/mol. The molecule has 0 radical (unpaired) electrons. The maximum absolute atomic E-state index is 9.78. The standard InChI is InChI=1S/C11H16BrNO2/c1-7-3-10(12)4-9(11(7)15)5-13-8(2)6-14/h3-4,8,13-15H,5-6H2,1-2H3/t8-/m0/s1. The Morgan fingerprint density at radius 1 is 1.47 bits per heavy atom. The Bertz CT molecular complexity index is 342. The predicted octanol–water partition coefficient (Wildman–Crippen LogP) is 1.93. The second-order valence-electron chi connectivity index (χ2n) is 3.69. The van der Waals surface area contributed by atoms with Gasteiger partial charge in [0.1, 0.15) is 5.75 Å². The largest absolute Gasteiger partial charge is 0.507 e. The van der Waals surface area contributed by atoms with Gasteiger partial charge in [0.2, 0.25) is 0 Å². The fraction of sp³-hybridized carbons (Fsp3) is 0.455. The van der Waals surface area contributed by atoms with Gasteiger partial charge in [-0.15, -0.1) is 0 Å². The number of phenolic OH excluding ortho intramolecular Hbond substituents is 1. The number of rotatable bonds is 4. The van der Waals surface area contributed by atoms with E-state index in [1.165, 1.54) is 0 Å². The summed E-state index contributed by atoms with van der Waals surface area (Å²) in [5, 5.41) is 21.8. The van der Waals surface area contributed by atoms with Gasteiger partial charge >= 0.3 is 0 Å². The maximum Gasteiger partial charge on any atom is 0.123 e. The van der Waals surface area contributed by atoms with Crippen LogP contribution in [0.2, 0.25) is 0 Å². The van der Waals surface area contributed by atoms with Crippen molar-refractivity contribution < 1.29 is 10.2 Å². The molecule has 1 aromatic rings. The molecule has 4 heteroatoms. The Morgan fingerprint density at radius 2 is 2.13 bits per heavy atom. The lowest BCUT2D eigenvalue weighted by atomic mass is 10.1. The first kappa shape index (κ1) is 12.5. The molecule has 0 aromatic heterocycles. The summed E-state index contributed by atoms with van der Waals surface area (Å²) in [5.41, 5.74) is 1.68. The molecule has 3 nitrogen and oxygen atoms in total. The highest BCUT2D eigenvalue weighted by Crippen LogP contribution is 2.26. The lowest BCUT2D eigenvalue weighted by molar-refractivity contribution is 0.250. The normalized spacial score (nSPS) is 12.8. The van der Waals surface area contributed by atoms with Crippen molar-refractivity contribution >= 4 is 15.9 Å². The summed E-state index contributed by atoms with van der Waals surface area (Å²) in [6.45, 7) is 4.39. The molecule has 0 fully saturated rings. The Hall–Kier alpha value is -0.580. The molecule has 0 bridgehead atoms. The first-order valence-electron chi connectivity index (χ1n) is 4.86. The van der Waals surface area contributed by atoms with Crippen LogP contribution in [0.1, 0.15) is 18.1 Å². The molecule has 1 aromatic carbocycles. The maximum atomic E-state index is 9.78. The summed E-state index contributed by atoms with van der Waals surface area (Å²) in [6.07, 6.45) is 0. The first-order chi connectivity index (χ1) is 7.04. The van der Waals surface area contributed by atoms with Gasteiger partial charge in [-0.1, -0.05) is 15.9 Å². The third-order valence-corrected chi connectivity index (χ3v) is 2.72. The van der Waals surface area contributed by atoms with Crippen LogP contribution in [-0.2, 0) is 6.54 Å². The predicted molar refractivity (Wildman–Crippen MR) is 63.9 cm³/mol. The van der Waals surface area contributed by atoms with Crippen LogP contribution in [0, 0.1) is 6.92 Å². The van der Waals surface area contributed by atoms with Gasteiger partial charge in [0.15, 0.2) is 0 Å². The second kappa shape index (κ2) is 5.49. The highest BCUT2D eigenvalue weighted by Gasteiger charge is 2.07. The lowest BCUT2D eigenvalue weighted by Crippen LogP contribution is -2.28. The molecule has 0 aliphatic heterocycles. The van der Waals surface area contributed by atoms with E-state index in [0.29, 0.717) is 12.3 Å². The van der Waals surface area contributed by atoms with Crippen LogP contribution in [0.4, 0.5) is 0 Å². The van der Waals surface area contributed by atoms with E-state index in [9.17, 15) is 5.11 Å². The van der Waals surface area contributed by atoms with E-state index in [2.05, 4.69) is 21.2 Å². The van der Waals surface area contributed by atoms with E-state index < -0.39 is 0 Å². The quantitative estimate of drug-likeness (QED) is 0.786. The molecule has 1 atom stereocenters. The first-order valence-corrected chi connectivity index (χ1v) is 5.66. The van der Waals surface area contributed by atoms with Gasteiger partial charge in [-0.2, -0.15) is 0 Å². The highest BCUT2D eigenvalue weighted by molar-refractivity contribution is 9.10. The monoisotopic (exact) mass is 273 g/mol. The van der Waals surface area contributed by atoms with Crippen LogP contribution < -0.4 is 5.32 Å². The zero-order chi connectivity index (χ0) is 11.4. The number of hydrogen-bond donors (Lipinski definition) is 3. The molecule has 0 amide bonds. The minimum Gasteiger partial charge on any atom is -0.507 e. The van der Waals surface area contributed by atoms with E-state index in [0.717, 1.165) is 15.6 Å². The van der Waals surface area contributed by atoms with Crippen molar-refractivity contribution in [1.82, 2.24) is 5.32 Å². The van der Waals surface area contributed by atoms with Crippen LogP contribution in [0.25, 0.3) is 0 Å². The van der Waals surface area contributed by atoms with Crippen LogP contribution in [0.15, 0.2) is 16.6 Å². The molecule has 3 N–H and O–H groups in total. The Labute approximate surface area is 98.3 Å². The minimum absolute atomic E-state index is 0.0312. The number of aliphatic hydroxyl groups excluding tert-OH is 1. The summed E-state index contributed by atoms with van der Waals surface area (Å²) in [6, 6.07) is 3.77. The number of hydrogen-bond acceptors (Lipinski definition) is 3. The van der Waals surface area contributed by atoms with Crippen LogP contribution in [0.3, 0.4) is 0 Å². The Morgan fingerprint density at radius 3 is 2.73 bits per heavy atom. The van der Waals surface area contributed by atoms with Gasteiger partial charge in [0.25, 0.3) is 0 Å². The van der Waals surface area contributed by atoms with E-state index >= 15 is 0 Å². The fourth-order valence-electron chi connectivity index (χ4n) is 1.29. The smallest absolute Gasteiger partial charge is 0.123 e. The van der Waals surface area contributed by atoms with Gasteiger partial charge in [-0.25, -0.2) is 0 Å². The van der Waals surface area contributed by atoms with Gasteiger partial charge in [-0.05, 0) is 31.5 Å². The lowest BCUT2D eigenvalue weighted by Gasteiger charge is -2.13. The number of nitrogens with one attached hydrogen (secondary N) is 1. The van der Waals surface area contributed by atoms with E-state index in [-0.39, 0.29) is 12.6 Å². The molecule has 0 saturated carbocycles. The summed E-state index contributed by atoms with van der Waals surface area (Å²) in [4.78, 5) is 0. The van der Waals surface area contributed by atoms with Crippen molar-refractivity contribution in [2.24, 2.45) is 0 Å². The number of phenols is 1. The summed E-state index contributed by atoms with van der Waals surface area (Å²) in [5.74, 6) is 0.316. The van der Waals surface area contributed by atoms with Gasteiger partial charge < -0.3 is 15.5 Å². The third-order valence-electron chi connectivity index (χ3n) is 2.26. The number of aryl methyl sites for hydroxylation is 1. The summed E-state index contributed by atoms with van der Waals surface area (Å²) >= 11 is 3.38. The second-order valence-corrected chi connectivity index (χ2v) is 4.61. The van der Waals surface area contributed by atoms with Crippen LogP contribution >= 0.6 is 15.9 Å². The molecule has 0 saturated heterocycles. The van der Waals surface area contributed by atoms with Gasteiger partial charge in [0, 0.05) is 22.6 Å². The minimum atomic E-state index is 0.0312. The molecule has 0 aliphatic carbocycles. The number of benzene rings is 1. The van der Waals surface area contributed by atoms with Crippen molar-refractivity contribution in [3.05, 3.63) is 27.7 Å². The zero-order valence-corrected chi connectivity index (χ0v) is 10.5. The van der Waals surface area contributed by atoms with Crippen LogP contribution in [-0.4, -0.2) is 22.9 Å². The molecule has 0 unspecified atom stereocenters. The third kappa shape index (κ3) is 3.48. The molecule has 0 aliphatic rings. The number of halogens is 1. The van der Waals surface area contributed by atoms with Gasteiger partial charge in [0.05, 0.1) is 6.61 Å². The Balaban J connectivity index is 2.76. The van der Waals surface area contributed by atoms with Crippen molar-refractivity contribution in [1.29, 1.82) is 0 Å².